The summed E-state index contributed by atoms with van der Waals surface area (Å²) >= 11 is 8.86. The molecule has 0 aliphatic rings. The number of anilines is 1. The Hall–Kier alpha value is -3.07. The minimum Gasteiger partial charge on any atom is -0.507 e. The number of benzene rings is 3. The highest BCUT2D eigenvalue weighted by Crippen LogP contribution is 2.32. The summed E-state index contributed by atoms with van der Waals surface area (Å²) in [5.74, 6) is 1.000. The van der Waals surface area contributed by atoms with Crippen LogP contribution in [0.2, 0.25) is 5.02 Å². The van der Waals surface area contributed by atoms with E-state index in [1.165, 1.54) is 29.2 Å². The molecule has 0 saturated heterocycles. The van der Waals surface area contributed by atoms with Gasteiger partial charge in [0.15, 0.2) is 4.34 Å². The third kappa shape index (κ3) is 5.59. The van der Waals surface area contributed by atoms with Gasteiger partial charge in [-0.05, 0) is 60.7 Å². The second-order valence-electron chi connectivity index (χ2n) is 6.66. The summed E-state index contributed by atoms with van der Waals surface area (Å²) in [6, 6.07) is 17.6. The van der Waals surface area contributed by atoms with E-state index in [9.17, 15) is 9.90 Å². The predicted octanol–water partition coefficient (Wildman–Crippen LogP) is 6.15. The summed E-state index contributed by atoms with van der Waals surface area (Å²) in [6.45, 7) is 0. The third-order valence-corrected chi connectivity index (χ3v) is 6.79. The molecule has 0 atom stereocenters. The highest BCUT2D eigenvalue weighted by Gasteiger charge is 2.09. The van der Waals surface area contributed by atoms with Crippen LogP contribution in [0.1, 0.15) is 5.56 Å². The predicted molar refractivity (Wildman–Crippen MR) is 132 cm³/mol. The van der Waals surface area contributed by atoms with Crippen LogP contribution in [0.25, 0.3) is 10.2 Å². The molecule has 6 nitrogen and oxygen atoms in total. The van der Waals surface area contributed by atoms with Gasteiger partial charge in [0.05, 0.1) is 28.8 Å². The summed E-state index contributed by atoms with van der Waals surface area (Å²) < 4.78 is 6.89. The molecular formula is C23H18ClN3O3S2. The Morgan fingerprint density at radius 2 is 2.03 bits per heavy atom. The van der Waals surface area contributed by atoms with Crippen LogP contribution in [0, 0.1) is 0 Å². The maximum atomic E-state index is 12.2. The highest BCUT2D eigenvalue weighted by molar-refractivity contribution is 8.01. The van der Waals surface area contributed by atoms with Crippen molar-refractivity contribution in [2.24, 2.45) is 4.99 Å². The van der Waals surface area contributed by atoms with Crippen LogP contribution < -0.4 is 10.1 Å². The number of ether oxygens (including phenoxy) is 1. The SMILES string of the molecule is COc1ccc(NC(=O)CSc2nc3ccc(N=Cc4cc(Cl)ccc4O)cc3s2)cc1. The number of amides is 1. The lowest BCUT2D eigenvalue weighted by atomic mass is 10.2. The van der Waals surface area contributed by atoms with Crippen molar-refractivity contribution >= 4 is 68.4 Å². The van der Waals surface area contributed by atoms with Gasteiger partial charge in [-0.25, -0.2) is 4.98 Å². The summed E-state index contributed by atoms with van der Waals surface area (Å²) in [7, 11) is 1.60. The van der Waals surface area contributed by atoms with E-state index in [1.807, 2.05) is 18.2 Å². The average molecular weight is 484 g/mol. The van der Waals surface area contributed by atoms with E-state index in [4.69, 9.17) is 16.3 Å². The number of phenols is 1. The second kappa shape index (κ2) is 10.0. The van der Waals surface area contributed by atoms with Gasteiger partial charge in [0.1, 0.15) is 11.5 Å². The summed E-state index contributed by atoms with van der Waals surface area (Å²) in [5, 5.41) is 13.3. The number of phenolic OH excluding ortho intramolecular Hbond substituents is 1. The van der Waals surface area contributed by atoms with Crippen molar-refractivity contribution in [2.45, 2.75) is 4.34 Å². The first-order valence-electron chi connectivity index (χ1n) is 9.50. The summed E-state index contributed by atoms with van der Waals surface area (Å²) in [6.07, 6.45) is 1.57. The largest absolute Gasteiger partial charge is 0.507 e. The lowest BCUT2D eigenvalue weighted by Gasteiger charge is -2.05. The van der Waals surface area contributed by atoms with Crippen molar-refractivity contribution in [2.75, 3.05) is 18.2 Å². The van der Waals surface area contributed by atoms with Crippen molar-refractivity contribution in [1.82, 2.24) is 4.98 Å². The Bertz CT molecular complexity index is 1290. The Labute approximate surface area is 197 Å². The number of halogens is 1. The van der Waals surface area contributed by atoms with E-state index < -0.39 is 0 Å². The normalized spacial score (nSPS) is 11.2. The Morgan fingerprint density at radius 1 is 1.22 bits per heavy atom. The van der Waals surface area contributed by atoms with Crippen molar-refractivity contribution in [3.63, 3.8) is 0 Å². The third-order valence-electron chi connectivity index (χ3n) is 4.40. The van der Waals surface area contributed by atoms with E-state index in [2.05, 4.69) is 15.3 Å². The second-order valence-corrected chi connectivity index (χ2v) is 9.35. The molecule has 0 radical (unpaired) electrons. The van der Waals surface area contributed by atoms with Gasteiger partial charge in [0.2, 0.25) is 5.91 Å². The fraction of sp³-hybridized carbons (Fsp3) is 0.0870. The maximum absolute atomic E-state index is 12.2. The molecular weight excluding hydrogens is 466 g/mol. The molecule has 9 heteroatoms. The molecule has 0 fully saturated rings. The number of rotatable bonds is 7. The lowest BCUT2D eigenvalue weighted by molar-refractivity contribution is -0.113. The molecule has 162 valence electrons. The van der Waals surface area contributed by atoms with Gasteiger partial charge in [-0.2, -0.15) is 0 Å². The molecule has 1 heterocycles. The number of aromatic nitrogens is 1. The summed E-state index contributed by atoms with van der Waals surface area (Å²) in [5.41, 5.74) is 2.84. The number of thioether (sulfide) groups is 1. The number of carbonyl (C=O) groups is 1. The monoisotopic (exact) mass is 483 g/mol. The van der Waals surface area contributed by atoms with Gasteiger partial charge in [-0.1, -0.05) is 23.4 Å². The topological polar surface area (TPSA) is 83.8 Å². The van der Waals surface area contributed by atoms with Gasteiger partial charge in [-0.3, -0.25) is 9.79 Å². The molecule has 1 aromatic heterocycles. The minimum absolute atomic E-state index is 0.106. The number of thiazole rings is 1. The first-order valence-corrected chi connectivity index (χ1v) is 11.7. The number of hydrogen-bond acceptors (Lipinski definition) is 7. The van der Waals surface area contributed by atoms with Gasteiger partial charge in [0.25, 0.3) is 0 Å². The molecule has 0 bridgehead atoms. The smallest absolute Gasteiger partial charge is 0.234 e. The molecule has 0 aliphatic heterocycles. The number of methoxy groups -OCH3 is 1. The number of nitrogens with zero attached hydrogens (tertiary/aromatic N) is 2. The first-order chi connectivity index (χ1) is 15.5. The Balaban J connectivity index is 1.39. The van der Waals surface area contributed by atoms with Crippen LogP contribution in [-0.2, 0) is 4.79 Å². The summed E-state index contributed by atoms with van der Waals surface area (Å²) in [4.78, 5) is 21.2. The van der Waals surface area contributed by atoms with Gasteiger partial charge in [0, 0.05) is 22.5 Å². The van der Waals surface area contributed by atoms with Crippen LogP contribution in [-0.4, -0.2) is 35.1 Å². The molecule has 0 spiro atoms. The molecule has 4 aromatic rings. The number of carbonyl (C=O) groups excluding carboxylic acids is 1. The first kappa shape index (κ1) is 22.1. The fourth-order valence-electron chi connectivity index (χ4n) is 2.81. The molecule has 3 aromatic carbocycles. The zero-order valence-electron chi connectivity index (χ0n) is 16.9. The van der Waals surface area contributed by atoms with Crippen LogP contribution >= 0.6 is 34.7 Å². The number of hydrogen-bond donors (Lipinski definition) is 2. The molecule has 0 saturated carbocycles. The van der Waals surface area contributed by atoms with Crippen LogP contribution in [0.5, 0.6) is 11.5 Å². The average Bonchev–Trinajstić information content (AvgIpc) is 3.21. The van der Waals surface area contributed by atoms with Crippen molar-refractivity contribution in [3.8, 4) is 11.5 Å². The van der Waals surface area contributed by atoms with Gasteiger partial charge >= 0.3 is 0 Å². The minimum atomic E-state index is -0.106. The van der Waals surface area contributed by atoms with Crippen LogP contribution in [0.3, 0.4) is 0 Å². The fourth-order valence-corrected chi connectivity index (χ4v) is 4.89. The molecule has 0 aliphatic carbocycles. The number of nitrogens with one attached hydrogen (secondary N) is 1. The van der Waals surface area contributed by atoms with E-state index in [-0.39, 0.29) is 17.4 Å². The van der Waals surface area contributed by atoms with Crippen molar-refractivity contribution in [3.05, 3.63) is 71.2 Å². The Kier molecular flexibility index (Phi) is 6.94. The molecule has 1 amide bonds. The zero-order chi connectivity index (χ0) is 22.5. The van der Waals surface area contributed by atoms with Crippen molar-refractivity contribution in [1.29, 1.82) is 0 Å². The van der Waals surface area contributed by atoms with E-state index in [0.29, 0.717) is 16.3 Å². The quantitative estimate of drug-likeness (QED) is 0.243. The maximum Gasteiger partial charge on any atom is 0.234 e. The number of fused-ring (bicyclic) bond motifs is 1. The molecule has 2 N–H and O–H groups in total. The number of aliphatic imine (C=N–C) groups is 1. The highest BCUT2D eigenvalue weighted by atomic mass is 35.5. The number of aromatic hydroxyl groups is 1. The molecule has 0 unspecified atom stereocenters. The van der Waals surface area contributed by atoms with E-state index in [1.54, 1.807) is 49.7 Å². The Morgan fingerprint density at radius 3 is 2.81 bits per heavy atom. The zero-order valence-corrected chi connectivity index (χ0v) is 19.3. The molecule has 4 rings (SSSR count). The van der Waals surface area contributed by atoms with Gasteiger partial charge < -0.3 is 15.2 Å². The van der Waals surface area contributed by atoms with Crippen LogP contribution in [0.4, 0.5) is 11.4 Å². The van der Waals surface area contributed by atoms with E-state index in [0.717, 1.165) is 26.0 Å². The van der Waals surface area contributed by atoms with E-state index >= 15 is 0 Å². The lowest BCUT2D eigenvalue weighted by Crippen LogP contribution is -2.13. The standard InChI is InChI=1S/C23H18ClN3O3S2/c1-30-18-6-3-16(4-7-18)26-22(29)13-31-23-27-19-8-5-17(11-21(19)32-23)25-12-14-10-15(24)2-9-20(14)28/h2-12,28H,13H2,1H3,(H,26,29). The van der Waals surface area contributed by atoms with Crippen molar-refractivity contribution < 1.29 is 14.6 Å². The molecule has 32 heavy (non-hydrogen) atoms. The van der Waals surface area contributed by atoms with Crippen LogP contribution in [0.15, 0.2) is 70.0 Å². The van der Waals surface area contributed by atoms with Gasteiger partial charge in [-0.15, -0.1) is 11.3 Å².